The van der Waals surface area contributed by atoms with Gasteiger partial charge >= 0.3 is 0 Å². The van der Waals surface area contributed by atoms with Gasteiger partial charge in [-0.1, -0.05) is 51.0 Å². The smallest absolute Gasteiger partial charge is 0.0456 e. The molecule has 0 unspecified atom stereocenters. The highest BCUT2D eigenvalue weighted by Gasteiger charge is 1.99. The summed E-state index contributed by atoms with van der Waals surface area (Å²) in [6, 6.07) is 1.89. The van der Waals surface area contributed by atoms with Crippen molar-refractivity contribution < 1.29 is 0 Å². The number of aromatic nitrogens is 1. The third-order valence-corrected chi connectivity index (χ3v) is 2.62. The van der Waals surface area contributed by atoms with E-state index in [1.165, 1.54) is 24.6 Å². The first-order valence-corrected chi connectivity index (χ1v) is 6.28. The third-order valence-electron chi connectivity index (χ3n) is 1.87. The maximum atomic E-state index is 5.32. The highest BCUT2D eigenvalue weighted by atomic mass is 32.2. The van der Waals surface area contributed by atoms with Crippen LogP contribution in [-0.4, -0.2) is 4.98 Å². The molecule has 0 amide bonds. The van der Waals surface area contributed by atoms with Gasteiger partial charge < -0.3 is 0 Å². The first-order valence-electron chi connectivity index (χ1n) is 5.40. The van der Waals surface area contributed by atoms with Crippen molar-refractivity contribution in [2.45, 2.75) is 38.5 Å². The van der Waals surface area contributed by atoms with Gasteiger partial charge in [-0.25, -0.2) is 0 Å². The Morgan fingerprint density at radius 2 is 2.12 bits per heavy atom. The molecule has 0 spiro atoms. The fraction of sp³-hybridized carbons (Fsp3) is 0.357. The summed E-state index contributed by atoms with van der Waals surface area (Å²) in [5, 5.41) is 1.74. The summed E-state index contributed by atoms with van der Waals surface area (Å²) in [5.74, 6) is 2.61. The van der Waals surface area contributed by atoms with Crippen LogP contribution in [-0.2, 0) is 0 Å². The zero-order chi connectivity index (χ0) is 12.4. The Hall–Kier alpha value is -1.20. The SMILES string of the molecule is C#Cc1cc(C)ncc1SC=C.CCCC. The predicted octanol–water partition coefficient (Wildman–Crippen LogP) is 4.41. The molecule has 1 aromatic heterocycles. The lowest BCUT2D eigenvalue weighted by Crippen LogP contribution is -1.85. The maximum absolute atomic E-state index is 5.32. The number of unbranched alkanes of at least 4 members (excludes halogenated alkanes) is 1. The lowest BCUT2D eigenvalue weighted by Gasteiger charge is -2.00. The molecule has 0 aliphatic heterocycles. The molecule has 0 bridgehead atoms. The van der Waals surface area contributed by atoms with Crippen molar-refractivity contribution in [1.29, 1.82) is 0 Å². The van der Waals surface area contributed by atoms with E-state index in [0.29, 0.717) is 0 Å². The molecule has 2 heteroatoms. The van der Waals surface area contributed by atoms with Crippen LogP contribution < -0.4 is 0 Å². The van der Waals surface area contributed by atoms with E-state index in [0.717, 1.165) is 16.2 Å². The van der Waals surface area contributed by atoms with Gasteiger partial charge in [-0.2, -0.15) is 0 Å². The molecule has 0 aliphatic carbocycles. The van der Waals surface area contributed by atoms with Crippen LogP contribution in [0.1, 0.15) is 37.9 Å². The molecule has 0 radical (unpaired) electrons. The number of nitrogens with zero attached hydrogens (tertiary/aromatic N) is 1. The molecular formula is C14H19NS. The van der Waals surface area contributed by atoms with Crippen LogP contribution in [0.15, 0.2) is 29.1 Å². The summed E-state index contributed by atoms with van der Waals surface area (Å²) in [6.07, 6.45) is 9.74. The van der Waals surface area contributed by atoms with Gasteiger partial charge in [0.15, 0.2) is 0 Å². The van der Waals surface area contributed by atoms with Crippen molar-refractivity contribution in [3.63, 3.8) is 0 Å². The van der Waals surface area contributed by atoms with Crippen LogP contribution in [0.3, 0.4) is 0 Å². The second-order valence-electron chi connectivity index (χ2n) is 3.25. The van der Waals surface area contributed by atoms with Gasteiger partial charge in [0.25, 0.3) is 0 Å². The molecule has 0 fully saturated rings. The highest BCUT2D eigenvalue weighted by molar-refractivity contribution is 8.02. The summed E-state index contributed by atoms with van der Waals surface area (Å²) in [6.45, 7) is 9.90. The summed E-state index contributed by atoms with van der Waals surface area (Å²) in [5.41, 5.74) is 1.82. The number of hydrogen-bond donors (Lipinski definition) is 0. The molecule has 0 saturated carbocycles. The minimum absolute atomic E-state index is 0.882. The summed E-state index contributed by atoms with van der Waals surface area (Å²) < 4.78 is 0. The second kappa shape index (κ2) is 9.06. The Morgan fingerprint density at radius 3 is 2.56 bits per heavy atom. The van der Waals surface area contributed by atoms with Crippen molar-refractivity contribution in [2.24, 2.45) is 0 Å². The lowest BCUT2D eigenvalue weighted by atomic mass is 10.2. The van der Waals surface area contributed by atoms with E-state index in [4.69, 9.17) is 6.42 Å². The van der Waals surface area contributed by atoms with Crippen LogP contribution in [0.4, 0.5) is 0 Å². The van der Waals surface area contributed by atoms with E-state index < -0.39 is 0 Å². The molecule has 1 rings (SSSR count). The highest BCUT2D eigenvalue weighted by Crippen LogP contribution is 2.21. The number of pyridine rings is 1. The van der Waals surface area contributed by atoms with Crippen molar-refractivity contribution in [3.05, 3.63) is 35.5 Å². The predicted molar refractivity (Wildman–Crippen MR) is 73.5 cm³/mol. The Balaban J connectivity index is 0.000000487. The van der Waals surface area contributed by atoms with E-state index in [1.807, 2.05) is 13.0 Å². The van der Waals surface area contributed by atoms with Crippen molar-refractivity contribution in [2.75, 3.05) is 0 Å². The van der Waals surface area contributed by atoms with Crippen molar-refractivity contribution in [1.82, 2.24) is 4.98 Å². The molecule has 86 valence electrons. The van der Waals surface area contributed by atoms with Crippen molar-refractivity contribution >= 4 is 11.8 Å². The second-order valence-corrected chi connectivity index (χ2v) is 4.26. The van der Waals surface area contributed by atoms with Crippen LogP contribution in [0.2, 0.25) is 0 Å². The third kappa shape index (κ3) is 5.63. The zero-order valence-electron chi connectivity index (χ0n) is 10.3. The average molecular weight is 233 g/mol. The molecule has 0 aromatic carbocycles. The Kier molecular flexibility index (Phi) is 8.38. The minimum atomic E-state index is 0.882. The minimum Gasteiger partial charge on any atom is -0.260 e. The van der Waals surface area contributed by atoms with E-state index >= 15 is 0 Å². The van der Waals surface area contributed by atoms with Crippen molar-refractivity contribution in [3.8, 4) is 12.3 Å². The first kappa shape index (κ1) is 14.8. The summed E-state index contributed by atoms with van der Waals surface area (Å²) in [7, 11) is 0. The first-order chi connectivity index (χ1) is 7.69. The fourth-order valence-corrected chi connectivity index (χ4v) is 1.38. The van der Waals surface area contributed by atoms with E-state index in [9.17, 15) is 0 Å². The normalized spacial score (nSPS) is 8.62. The molecule has 0 saturated heterocycles. The summed E-state index contributed by atoms with van der Waals surface area (Å²) in [4.78, 5) is 5.13. The topological polar surface area (TPSA) is 12.9 Å². The monoisotopic (exact) mass is 233 g/mol. The Labute approximate surface area is 103 Å². The molecule has 1 nitrogen and oxygen atoms in total. The molecule has 0 atom stereocenters. The Morgan fingerprint density at radius 1 is 1.50 bits per heavy atom. The zero-order valence-corrected chi connectivity index (χ0v) is 11.1. The van der Waals surface area contributed by atoms with E-state index in [-0.39, 0.29) is 0 Å². The van der Waals surface area contributed by atoms with Gasteiger partial charge in [0, 0.05) is 22.3 Å². The standard InChI is InChI=1S/C10H9NS.C4H10/c1-4-9-6-8(3)11-7-10(9)12-5-2;1-3-4-2/h1,5-7H,2H2,3H3;3-4H2,1-2H3. The molecule has 0 aliphatic rings. The van der Waals surface area contributed by atoms with Crippen LogP contribution >= 0.6 is 11.8 Å². The van der Waals surface area contributed by atoms with Gasteiger partial charge in [0.05, 0.1) is 0 Å². The quantitative estimate of drug-likeness (QED) is 0.566. The van der Waals surface area contributed by atoms with E-state index in [1.54, 1.807) is 11.6 Å². The Bertz CT molecular complexity index is 361. The number of rotatable bonds is 3. The number of aryl methyl sites for hydroxylation is 1. The van der Waals surface area contributed by atoms with Gasteiger partial charge in [0.2, 0.25) is 0 Å². The van der Waals surface area contributed by atoms with Crippen LogP contribution in [0, 0.1) is 19.3 Å². The maximum Gasteiger partial charge on any atom is 0.0456 e. The lowest BCUT2D eigenvalue weighted by molar-refractivity contribution is 0.886. The molecule has 0 N–H and O–H groups in total. The van der Waals surface area contributed by atoms with Gasteiger partial charge in [-0.15, -0.1) is 6.42 Å². The molecule has 16 heavy (non-hydrogen) atoms. The molecular weight excluding hydrogens is 214 g/mol. The molecule has 1 heterocycles. The fourth-order valence-electron chi connectivity index (χ4n) is 0.844. The van der Waals surface area contributed by atoms with Gasteiger partial charge in [0.1, 0.15) is 0 Å². The van der Waals surface area contributed by atoms with Gasteiger partial charge in [-0.05, 0) is 18.4 Å². The number of thioether (sulfide) groups is 1. The van der Waals surface area contributed by atoms with Gasteiger partial charge in [-0.3, -0.25) is 4.98 Å². The summed E-state index contributed by atoms with van der Waals surface area (Å²) >= 11 is 1.49. The van der Waals surface area contributed by atoms with E-state index in [2.05, 4.69) is 31.3 Å². The number of hydrogen-bond acceptors (Lipinski definition) is 2. The number of terminal acetylenes is 1. The largest absolute Gasteiger partial charge is 0.260 e. The van der Waals surface area contributed by atoms with Crippen LogP contribution in [0.5, 0.6) is 0 Å². The molecule has 1 aromatic rings. The average Bonchev–Trinajstić information content (AvgIpc) is 2.32. The van der Waals surface area contributed by atoms with Crippen LogP contribution in [0.25, 0.3) is 0 Å².